The molecule has 0 aliphatic carbocycles. The van der Waals surface area contributed by atoms with Gasteiger partial charge < -0.3 is 9.84 Å². The summed E-state index contributed by atoms with van der Waals surface area (Å²) in [5.41, 5.74) is 2.30. The van der Waals surface area contributed by atoms with Gasteiger partial charge in [-0.1, -0.05) is 32.9 Å². The minimum absolute atomic E-state index is 0.101. The fraction of sp³-hybridized carbons (Fsp3) is 0.533. The summed E-state index contributed by atoms with van der Waals surface area (Å²) in [6.07, 6.45) is 1.68. The van der Waals surface area contributed by atoms with Gasteiger partial charge in [-0.05, 0) is 35.4 Å². The lowest BCUT2D eigenvalue weighted by Crippen LogP contribution is -2.16. The van der Waals surface area contributed by atoms with E-state index in [1.54, 1.807) is 7.11 Å². The maximum Gasteiger partial charge on any atom is 0.303 e. The van der Waals surface area contributed by atoms with Gasteiger partial charge in [0.1, 0.15) is 5.75 Å². The monoisotopic (exact) mass is 250 g/mol. The van der Waals surface area contributed by atoms with Crippen molar-refractivity contribution in [3.05, 3.63) is 29.3 Å². The lowest BCUT2D eigenvalue weighted by molar-refractivity contribution is -0.136. The van der Waals surface area contributed by atoms with E-state index in [1.807, 2.05) is 6.07 Å². The predicted octanol–water partition coefficient (Wildman–Crippen LogP) is 3.40. The van der Waals surface area contributed by atoms with Crippen LogP contribution in [0.4, 0.5) is 0 Å². The summed E-state index contributed by atoms with van der Waals surface area (Å²) in [4.78, 5) is 10.7. The molecule has 1 N–H and O–H groups in total. The number of ether oxygens (including phenoxy) is 1. The lowest BCUT2D eigenvalue weighted by Gasteiger charge is -2.24. The molecular weight excluding hydrogens is 228 g/mol. The van der Waals surface area contributed by atoms with Crippen LogP contribution >= 0.6 is 0 Å². The van der Waals surface area contributed by atoms with E-state index in [2.05, 4.69) is 32.9 Å². The summed E-state index contributed by atoms with van der Waals surface area (Å²) in [6.45, 7) is 6.53. The molecule has 0 atom stereocenters. The zero-order valence-corrected chi connectivity index (χ0v) is 11.6. The third-order valence-corrected chi connectivity index (χ3v) is 3.55. The highest BCUT2D eigenvalue weighted by Crippen LogP contribution is 2.31. The zero-order valence-electron chi connectivity index (χ0n) is 11.6. The van der Waals surface area contributed by atoms with E-state index >= 15 is 0 Å². The van der Waals surface area contributed by atoms with Crippen molar-refractivity contribution >= 4 is 5.97 Å². The molecule has 0 saturated carbocycles. The third-order valence-electron chi connectivity index (χ3n) is 3.55. The van der Waals surface area contributed by atoms with Gasteiger partial charge in [-0.3, -0.25) is 4.79 Å². The molecule has 0 aliphatic rings. The lowest BCUT2D eigenvalue weighted by atomic mass is 9.81. The van der Waals surface area contributed by atoms with Gasteiger partial charge in [0.15, 0.2) is 0 Å². The summed E-state index contributed by atoms with van der Waals surface area (Å²) >= 11 is 0. The SMILES string of the molecule is CCC(C)(C)c1ccc(OC)c(CCC(=O)O)c1. The Morgan fingerprint density at radius 3 is 2.56 bits per heavy atom. The van der Waals surface area contributed by atoms with Gasteiger partial charge in [-0.25, -0.2) is 0 Å². The molecule has 0 aliphatic heterocycles. The molecule has 0 fully saturated rings. The van der Waals surface area contributed by atoms with Crippen molar-refractivity contribution < 1.29 is 14.6 Å². The van der Waals surface area contributed by atoms with Gasteiger partial charge in [-0.2, -0.15) is 0 Å². The van der Waals surface area contributed by atoms with Gasteiger partial charge in [-0.15, -0.1) is 0 Å². The number of carbonyl (C=O) groups is 1. The molecule has 0 spiro atoms. The fourth-order valence-corrected chi connectivity index (χ4v) is 1.84. The Hall–Kier alpha value is -1.51. The first-order valence-corrected chi connectivity index (χ1v) is 6.30. The van der Waals surface area contributed by atoms with Crippen molar-refractivity contribution in [3.8, 4) is 5.75 Å². The van der Waals surface area contributed by atoms with E-state index in [9.17, 15) is 4.79 Å². The van der Waals surface area contributed by atoms with Crippen molar-refractivity contribution in [3.63, 3.8) is 0 Å². The summed E-state index contributed by atoms with van der Waals surface area (Å²) in [5, 5.41) is 8.77. The van der Waals surface area contributed by atoms with Crippen molar-refractivity contribution in [2.45, 2.75) is 45.4 Å². The Morgan fingerprint density at radius 1 is 1.39 bits per heavy atom. The number of rotatable bonds is 6. The molecule has 0 saturated heterocycles. The molecule has 0 unspecified atom stereocenters. The van der Waals surface area contributed by atoms with Crippen LogP contribution in [0, 0.1) is 0 Å². The molecule has 0 aromatic heterocycles. The Labute approximate surface area is 109 Å². The van der Waals surface area contributed by atoms with Crippen LogP contribution in [0.5, 0.6) is 5.75 Å². The first kappa shape index (κ1) is 14.6. The van der Waals surface area contributed by atoms with Gasteiger partial charge in [0, 0.05) is 6.42 Å². The normalized spacial score (nSPS) is 11.3. The molecule has 0 bridgehead atoms. The molecule has 0 amide bonds. The number of carboxylic acid groups (broad SMARTS) is 1. The fourth-order valence-electron chi connectivity index (χ4n) is 1.84. The first-order valence-electron chi connectivity index (χ1n) is 6.30. The number of aliphatic carboxylic acids is 1. The second kappa shape index (κ2) is 5.89. The minimum atomic E-state index is -0.780. The van der Waals surface area contributed by atoms with Gasteiger partial charge in [0.25, 0.3) is 0 Å². The topological polar surface area (TPSA) is 46.5 Å². The summed E-state index contributed by atoms with van der Waals surface area (Å²) < 4.78 is 5.29. The maximum atomic E-state index is 10.7. The van der Waals surface area contributed by atoms with Gasteiger partial charge >= 0.3 is 5.97 Å². The summed E-state index contributed by atoms with van der Waals surface area (Å²) in [6, 6.07) is 6.07. The molecule has 0 heterocycles. The van der Waals surface area contributed by atoms with Crippen molar-refractivity contribution in [2.75, 3.05) is 7.11 Å². The number of benzene rings is 1. The van der Waals surface area contributed by atoms with Crippen molar-refractivity contribution in [1.82, 2.24) is 0 Å². The van der Waals surface area contributed by atoms with Crippen LogP contribution in [0.3, 0.4) is 0 Å². The van der Waals surface area contributed by atoms with Crippen LogP contribution in [-0.4, -0.2) is 18.2 Å². The Balaban J connectivity index is 3.05. The number of hydrogen-bond donors (Lipinski definition) is 1. The highest BCUT2D eigenvalue weighted by atomic mass is 16.5. The molecule has 100 valence electrons. The van der Waals surface area contributed by atoms with E-state index < -0.39 is 5.97 Å². The summed E-state index contributed by atoms with van der Waals surface area (Å²) in [5.74, 6) is -0.0101. The molecule has 0 radical (unpaired) electrons. The van der Waals surface area contributed by atoms with Crippen LogP contribution in [-0.2, 0) is 16.6 Å². The quantitative estimate of drug-likeness (QED) is 0.841. The smallest absolute Gasteiger partial charge is 0.303 e. The van der Waals surface area contributed by atoms with Crippen molar-refractivity contribution in [2.24, 2.45) is 0 Å². The Kier molecular flexibility index (Phi) is 4.76. The van der Waals surface area contributed by atoms with Crippen molar-refractivity contribution in [1.29, 1.82) is 0 Å². The first-order chi connectivity index (χ1) is 8.40. The molecule has 1 rings (SSSR count). The van der Waals surface area contributed by atoms with Crippen LogP contribution in [0.25, 0.3) is 0 Å². The Morgan fingerprint density at radius 2 is 2.06 bits per heavy atom. The highest BCUT2D eigenvalue weighted by molar-refractivity contribution is 5.67. The number of hydrogen-bond acceptors (Lipinski definition) is 2. The average Bonchev–Trinajstić information content (AvgIpc) is 2.35. The number of carboxylic acids is 1. The molecule has 1 aromatic carbocycles. The minimum Gasteiger partial charge on any atom is -0.496 e. The zero-order chi connectivity index (χ0) is 13.8. The van der Waals surface area contributed by atoms with Crippen LogP contribution in [0.15, 0.2) is 18.2 Å². The Bertz CT molecular complexity index is 422. The van der Waals surface area contributed by atoms with Crippen LogP contribution < -0.4 is 4.74 Å². The second-order valence-electron chi connectivity index (χ2n) is 5.16. The molecule has 3 nitrogen and oxygen atoms in total. The van der Waals surface area contributed by atoms with E-state index in [4.69, 9.17) is 9.84 Å². The predicted molar refractivity (Wildman–Crippen MR) is 72.3 cm³/mol. The van der Waals surface area contributed by atoms with E-state index in [0.29, 0.717) is 6.42 Å². The summed E-state index contributed by atoms with van der Waals surface area (Å²) in [7, 11) is 1.62. The standard InChI is InChI=1S/C15H22O3/c1-5-15(2,3)12-7-8-13(18-4)11(10-12)6-9-14(16)17/h7-8,10H,5-6,9H2,1-4H3,(H,16,17). The van der Waals surface area contributed by atoms with E-state index in [-0.39, 0.29) is 11.8 Å². The molecular formula is C15H22O3. The molecule has 18 heavy (non-hydrogen) atoms. The highest BCUT2D eigenvalue weighted by Gasteiger charge is 2.19. The molecule has 1 aromatic rings. The van der Waals surface area contributed by atoms with E-state index in [1.165, 1.54) is 5.56 Å². The largest absolute Gasteiger partial charge is 0.496 e. The van der Waals surface area contributed by atoms with E-state index in [0.717, 1.165) is 17.7 Å². The number of methoxy groups -OCH3 is 1. The average molecular weight is 250 g/mol. The van der Waals surface area contributed by atoms with Gasteiger partial charge in [0.05, 0.1) is 7.11 Å². The van der Waals surface area contributed by atoms with Crippen LogP contribution in [0.2, 0.25) is 0 Å². The third kappa shape index (κ3) is 3.49. The maximum absolute atomic E-state index is 10.7. The second-order valence-corrected chi connectivity index (χ2v) is 5.16. The van der Waals surface area contributed by atoms with Gasteiger partial charge in [0.2, 0.25) is 0 Å². The number of aryl methyl sites for hydroxylation is 1. The molecule has 3 heteroatoms. The van der Waals surface area contributed by atoms with Crippen LogP contribution in [0.1, 0.15) is 44.7 Å².